The first-order valence-corrected chi connectivity index (χ1v) is 8.30. The predicted molar refractivity (Wildman–Crippen MR) is 94.6 cm³/mol. The Balaban J connectivity index is 1.91. The summed E-state index contributed by atoms with van der Waals surface area (Å²) < 4.78 is 70.0. The van der Waals surface area contributed by atoms with Gasteiger partial charge in [0.15, 0.2) is 5.69 Å². The molecule has 0 radical (unpaired) electrons. The van der Waals surface area contributed by atoms with E-state index in [1.807, 2.05) is 0 Å². The summed E-state index contributed by atoms with van der Waals surface area (Å²) in [6, 6.07) is 10.3. The third kappa shape index (κ3) is 4.83. The molecule has 5 nitrogen and oxygen atoms in total. The number of nitrogens with one attached hydrogen (secondary N) is 1. The van der Waals surface area contributed by atoms with Crippen molar-refractivity contribution in [1.29, 1.82) is 0 Å². The molecule has 0 aliphatic heterocycles. The first kappa shape index (κ1) is 20.6. The quantitative estimate of drug-likeness (QED) is 0.550. The Morgan fingerprint density at radius 1 is 1.14 bits per heavy atom. The van der Waals surface area contributed by atoms with E-state index in [9.17, 15) is 26.7 Å². The molecule has 11 heteroatoms. The van der Waals surface area contributed by atoms with Crippen molar-refractivity contribution in [2.75, 3.05) is 5.32 Å². The van der Waals surface area contributed by atoms with Crippen molar-refractivity contribution in [3.8, 4) is 11.4 Å². The maximum atomic E-state index is 13.6. The lowest BCUT2D eigenvalue weighted by Crippen LogP contribution is -2.20. The molecule has 3 aromatic rings. The van der Waals surface area contributed by atoms with E-state index in [4.69, 9.17) is 11.6 Å². The van der Waals surface area contributed by atoms with Crippen LogP contribution >= 0.6 is 11.6 Å². The van der Waals surface area contributed by atoms with Crippen LogP contribution in [-0.4, -0.2) is 22.3 Å². The van der Waals surface area contributed by atoms with E-state index < -0.39 is 30.0 Å². The lowest BCUT2D eigenvalue weighted by atomic mass is 10.2. The number of amides is 1. The molecule has 152 valence electrons. The van der Waals surface area contributed by atoms with Gasteiger partial charge >= 0.3 is 12.8 Å². The van der Waals surface area contributed by atoms with Crippen molar-refractivity contribution < 1.29 is 31.5 Å². The fourth-order valence-corrected chi connectivity index (χ4v) is 2.69. The molecule has 1 heterocycles. The number of carbonyl (C=O) groups is 1. The van der Waals surface area contributed by atoms with Gasteiger partial charge in [-0.15, -0.1) is 0 Å². The van der Waals surface area contributed by atoms with E-state index in [1.54, 1.807) is 0 Å². The summed E-state index contributed by atoms with van der Waals surface area (Å²) in [5.41, 5.74) is -1.89. The van der Waals surface area contributed by atoms with Crippen LogP contribution in [0, 0.1) is 0 Å². The average Bonchev–Trinajstić information content (AvgIpc) is 3.09. The fraction of sp³-hybridized carbons (Fsp3) is 0.111. The van der Waals surface area contributed by atoms with Crippen LogP contribution in [0.4, 0.5) is 27.6 Å². The highest BCUT2D eigenvalue weighted by Gasteiger charge is 2.40. The molecular weight excluding hydrogens is 421 g/mol. The summed E-state index contributed by atoms with van der Waals surface area (Å²) in [6.45, 7) is -3.03. The van der Waals surface area contributed by atoms with Crippen LogP contribution < -0.4 is 10.1 Å². The number of alkyl halides is 5. The van der Waals surface area contributed by atoms with Crippen LogP contribution in [0.2, 0.25) is 5.02 Å². The van der Waals surface area contributed by atoms with Gasteiger partial charge in [-0.2, -0.15) is 27.1 Å². The maximum absolute atomic E-state index is 13.6. The highest BCUT2D eigenvalue weighted by Crippen LogP contribution is 2.34. The maximum Gasteiger partial charge on any atom is 0.434 e. The molecule has 1 aromatic heterocycles. The molecule has 0 aliphatic carbocycles. The van der Waals surface area contributed by atoms with E-state index in [-0.39, 0.29) is 22.1 Å². The molecule has 0 spiro atoms. The molecule has 0 atom stereocenters. The van der Waals surface area contributed by atoms with Crippen molar-refractivity contribution in [1.82, 2.24) is 9.78 Å². The molecule has 3 rings (SSSR count). The van der Waals surface area contributed by atoms with Crippen LogP contribution in [0.1, 0.15) is 16.1 Å². The summed E-state index contributed by atoms with van der Waals surface area (Å²) in [7, 11) is 0. The molecule has 0 unspecified atom stereocenters. The molecule has 2 aromatic carbocycles. The molecule has 29 heavy (non-hydrogen) atoms. The standard InChI is InChI=1S/C18H11ClF5N3O2/c19-10-2-1-3-12(8-10)27-15(18(22,23)24)14(9-25-27)16(28)26-11-4-6-13(7-5-11)29-17(20)21/h1-9,17H,(H,26,28). The summed E-state index contributed by atoms with van der Waals surface area (Å²) in [5, 5.41) is 6.14. The number of halogens is 6. The van der Waals surface area contributed by atoms with Gasteiger partial charge < -0.3 is 10.1 Å². The fourth-order valence-electron chi connectivity index (χ4n) is 2.51. The Morgan fingerprint density at radius 2 is 1.83 bits per heavy atom. The molecule has 1 amide bonds. The Labute approximate surface area is 165 Å². The number of ether oxygens (including phenoxy) is 1. The lowest BCUT2D eigenvalue weighted by molar-refractivity contribution is -0.143. The lowest BCUT2D eigenvalue weighted by Gasteiger charge is -2.13. The van der Waals surface area contributed by atoms with E-state index >= 15 is 0 Å². The number of rotatable bonds is 5. The van der Waals surface area contributed by atoms with Gasteiger partial charge in [0.05, 0.1) is 17.4 Å². The predicted octanol–water partition coefficient (Wildman–Crippen LogP) is 5.40. The van der Waals surface area contributed by atoms with Crippen molar-refractivity contribution in [2.45, 2.75) is 12.8 Å². The Kier molecular flexibility index (Phi) is 5.73. The third-order valence-electron chi connectivity index (χ3n) is 3.67. The van der Waals surface area contributed by atoms with Crippen molar-refractivity contribution in [2.24, 2.45) is 0 Å². The van der Waals surface area contributed by atoms with Gasteiger partial charge in [-0.1, -0.05) is 17.7 Å². The van der Waals surface area contributed by atoms with Crippen molar-refractivity contribution in [3.63, 3.8) is 0 Å². The number of aromatic nitrogens is 2. The number of benzene rings is 2. The average molecular weight is 432 g/mol. The molecule has 0 aliphatic rings. The molecular formula is C18H11ClF5N3O2. The second-order valence-corrected chi connectivity index (χ2v) is 6.09. The Hall–Kier alpha value is -3.14. The Bertz CT molecular complexity index is 1020. The second kappa shape index (κ2) is 8.08. The van der Waals surface area contributed by atoms with Gasteiger partial charge in [0, 0.05) is 10.7 Å². The summed E-state index contributed by atoms with van der Waals surface area (Å²) >= 11 is 5.82. The molecule has 0 saturated carbocycles. The zero-order chi connectivity index (χ0) is 21.2. The van der Waals surface area contributed by atoms with Crippen LogP contribution in [0.3, 0.4) is 0 Å². The van der Waals surface area contributed by atoms with E-state index in [0.29, 0.717) is 4.68 Å². The molecule has 1 N–H and O–H groups in total. The first-order chi connectivity index (χ1) is 13.6. The number of carbonyl (C=O) groups excluding carboxylic acids is 1. The van der Waals surface area contributed by atoms with E-state index in [2.05, 4.69) is 15.2 Å². The van der Waals surface area contributed by atoms with Crippen LogP contribution in [0.5, 0.6) is 5.75 Å². The van der Waals surface area contributed by atoms with Gasteiger partial charge in [0.2, 0.25) is 0 Å². The minimum atomic E-state index is -4.89. The summed E-state index contributed by atoms with van der Waals surface area (Å²) in [5.74, 6) is -1.24. The first-order valence-electron chi connectivity index (χ1n) is 7.92. The van der Waals surface area contributed by atoms with Crippen LogP contribution in [0.25, 0.3) is 5.69 Å². The molecule has 0 bridgehead atoms. The van der Waals surface area contributed by atoms with Crippen LogP contribution in [0.15, 0.2) is 54.7 Å². The topological polar surface area (TPSA) is 56.1 Å². The SMILES string of the molecule is O=C(Nc1ccc(OC(F)F)cc1)c1cnn(-c2cccc(Cl)c2)c1C(F)(F)F. The zero-order valence-corrected chi connectivity index (χ0v) is 15.0. The van der Waals surface area contributed by atoms with Gasteiger partial charge in [-0.25, -0.2) is 4.68 Å². The zero-order valence-electron chi connectivity index (χ0n) is 14.3. The highest BCUT2D eigenvalue weighted by atomic mass is 35.5. The molecule has 0 fully saturated rings. The van der Waals surface area contributed by atoms with Gasteiger partial charge in [-0.3, -0.25) is 4.79 Å². The molecule has 0 saturated heterocycles. The third-order valence-corrected chi connectivity index (χ3v) is 3.91. The van der Waals surface area contributed by atoms with E-state index in [1.165, 1.54) is 36.4 Å². The smallest absolute Gasteiger partial charge is 0.434 e. The van der Waals surface area contributed by atoms with Crippen molar-refractivity contribution >= 4 is 23.2 Å². The van der Waals surface area contributed by atoms with Gasteiger partial charge in [-0.05, 0) is 42.5 Å². The van der Waals surface area contributed by atoms with Crippen molar-refractivity contribution in [3.05, 3.63) is 71.0 Å². The normalized spacial score (nSPS) is 11.6. The van der Waals surface area contributed by atoms with E-state index in [0.717, 1.165) is 18.3 Å². The number of nitrogens with zero attached hydrogens (tertiary/aromatic N) is 2. The summed E-state index contributed by atoms with van der Waals surface area (Å²) in [4.78, 5) is 12.4. The van der Waals surface area contributed by atoms with Gasteiger partial charge in [0.1, 0.15) is 5.75 Å². The minimum absolute atomic E-state index is 0.0253. The largest absolute Gasteiger partial charge is 0.435 e. The Morgan fingerprint density at radius 3 is 2.41 bits per heavy atom. The van der Waals surface area contributed by atoms with Gasteiger partial charge in [0.25, 0.3) is 5.91 Å². The second-order valence-electron chi connectivity index (χ2n) is 5.65. The summed E-state index contributed by atoms with van der Waals surface area (Å²) in [6.07, 6.45) is -4.10. The minimum Gasteiger partial charge on any atom is -0.435 e. The number of hydrogen-bond donors (Lipinski definition) is 1. The van der Waals surface area contributed by atoms with Crippen LogP contribution in [-0.2, 0) is 6.18 Å². The highest BCUT2D eigenvalue weighted by molar-refractivity contribution is 6.30. The number of hydrogen-bond acceptors (Lipinski definition) is 3. The number of anilines is 1. The monoisotopic (exact) mass is 431 g/mol.